The van der Waals surface area contributed by atoms with Crippen molar-refractivity contribution in [2.45, 2.75) is 46.8 Å². The Hall–Kier alpha value is -2.08. The van der Waals surface area contributed by atoms with E-state index in [0.717, 1.165) is 17.1 Å². The number of anilines is 1. The van der Waals surface area contributed by atoms with Crippen molar-refractivity contribution < 1.29 is 14.3 Å². The van der Waals surface area contributed by atoms with Crippen molar-refractivity contribution in [1.82, 2.24) is 4.98 Å². The summed E-state index contributed by atoms with van der Waals surface area (Å²) >= 11 is 1.46. The minimum Gasteiger partial charge on any atom is -0.449 e. The fourth-order valence-electron chi connectivity index (χ4n) is 2.59. The first-order valence-corrected chi connectivity index (χ1v) is 8.85. The van der Waals surface area contributed by atoms with Gasteiger partial charge in [0.15, 0.2) is 11.5 Å². The number of hydrogen-bond donors (Lipinski definition) is 1. The van der Waals surface area contributed by atoms with Gasteiger partial charge >= 0.3 is 0 Å². The number of aryl methyl sites for hydroxylation is 1. The molecule has 0 spiro atoms. The molecular formula is C18H22N2O3S. The molecule has 1 aromatic heterocycles. The Kier molecular flexibility index (Phi) is 4.25. The van der Waals surface area contributed by atoms with Gasteiger partial charge in [-0.1, -0.05) is 13.8 Å². The monoisotopic (exact) mass is 346 g/mol. The van der Waals surface area contributed by atoms with Crippen LogP contribution in [-0.2, 0) is 6.42 Å². The lowest BCUT2D eigenvalue weighted by Gasteiger charge is -2.16. The Bertz CT molecular complexity index is 781. The largest absolute Gasteiger partial charge is 0.449 e. The predicted molar refractivity (Wildman–Crippen MR) is 95.1 cm³/mol. The summed E-state index contributed by atoms with van der Waals surface area (Å²) < 4.78 is 11.4. The van der Waals surface area contributed by atoms with Crippen molar-refractivity contribution in [2.75, 3.05) is 5.32 Å². The summed E-state index contributed by atoms with van der Waals surface area (Å²) in [5.41, 5.74) is 1.45. The fraction of sp³-hybridized carbons (Fsp3) is 0.444. The van der Waals surface area contributed by atoms with E-state index >= 15 is 0 Å². The molecule has 1 N–H and O–H groups in total. The summed E-state index contributed by atoms with van der Waals surface area (Å²) in [6.45, 7) is 9.86. The lowest BCUT2D eigenvalue weighted by Crippen LogP contribution is -2.29. The van der Waals surface area contributed by atoms with Crippen molar-refractivity contribution in [3.05, 3.63) is 33.8 Å². The second-order valence-corrected chi connectivity index (χ2v) is 7.92. The summed E-state index contributed by atoms with van der Waals surface area (Å²) in [6, 6.07) is 5.41. The predicted octanol–water partition coefficient (Wildman–Crippen LogP) is 4.41. The average molecular weight is 346 g/mol. The summed E-state index contributed by atoms with van der Waals surface area (Å²) in [7, 11) is 0. The van der Waals surface area contributed by atoms with Gasteiger partial charge in [0, 0.05) is 32.0 Å². The molecule has 0 atom stereocenters. The van der Waals surface area contributed by atoms with E-state index in [0.29, 0.717) is 28.0 Å². The van der Waals surface area contributed by atoms with Crippen LogP contribution in [0.25, 0.3) is 0 Å². The molecular weight excluding hydrogens is 324 g/mol. The summed E-state index contributed by atoms with van der Waals surface area (Å²) in [5, 5.41) is 3.92. The van der Waals surface area contributed by atoms with Crippen LogP contribution in [0, 0.1) is 12.8 Å². The molecule has 1 aromatic carbocycles. The number of ether oxygens (including phenoxy) is 2. The summed E-state index contributed by atoms with van der Waals surface area (Å²) in [6.07, 6.45) is 0.887. The molecule has 0 saturated carbocycles. The maximum absolute atomic E-state index is 12.5. The minimum atomic E-state index is -0.676. The molecule has 0 fully saturated rings. The third-order valence-electron chi connectivity index (χ3n) is 3.54. The number of nitrogens with zero attached hydrogens (tertiary/aromatic N) is 1. The van der Waals surface area contributed by atoms with Gasteiger partial charge in [-0.25, -0.2) is 4.98 Å². The van der Waals surface area contributed by atoms with Crippen LogP contribution in [0.2, 0.25) is 0 Å². The van der Waals surface area contributed by atoms with Crippen LogP contribution in [0.1, 0.15) is 48.1 Å². The topological polar surface area (TPSA) is 60.5 Å². The summed E-state index contributed by atoms with van der Waals surface area (Å²) in [4.78, 5) is 17.7. The van der Waals surface area contributed by atoms with E-state index in [1.54, 1.807) is 6.07 Å². The number of carbonyl (C=O) groups is 1. The average Bonchev–Trinajstić information content (AvgIpc) is 2.95. The Morgan fingerprint density at radius 1 is 1.29 bits per heavy atom. The number of carbonyl (C=O) groups excluding carboxylic acids is 1. The van der Waals surface area contributed by atoms with E-state index in [1.165, 1.54) is 11.3 Å². The van der Waals surface area contributed by atoms with E-state index in [2.05, 4.69) is 24.1 Å². The van der Waals surface area contributed by atoms with Crippen LogP contribution < -0.4 is 14.8 Å². The third-order valence-corrected chi connectivity index (χ3v) is 4.72. The van der Waals surface area contributed by atoms with E-state index < -0.39 is 5.79 Å². The molecule has 0 bridgehead atoms. The molecule has 0 radical (unpaired) electrons. The number of hydrogen-bond acceptors (Lipinski definition) is 5. The highest BCUT2D eigenvalue weighted by atomic mass is 32.1. The molecule has 2 aromatic rings. The number of benzene rings is 1. The van der Waals surface area contributed by atoms with Crippen molar-refractivity contribution in [3.8, 4) is 11.5 Å². The highest BCUT2D eigenvalue weighted by Gasteiger charge is 2.31. The molecule has 2 heterocycles. The van der Waals surface area contributed by atoms with Gasteiger partial charge in [-0.15, -0.1) is 11.3 Å². The van der Waals surface area contributed by atoms with Crippen molar-refractivity contribution in [2.24, 2.45) is 5.92 Å². The first kappa shape index (κ1) is 16.8. The Labute approximate surface area is 146 Å². The second-order valence-electron chi connectivity index (χ2n) is 6.84. The van der Waals surface area contributed by atoms with Crippen molar-refractivity contribution in [3.63, 3.8) is 0 Å². The van der Waals surface area contributed by atoms with Gasteiger partial charge in [0.2, 0.25) is 5.79 Å². The lowest BCUT2D eigenvalue weighted by molar-refractivity contribution is -0.0431. The highest BCUT2D eigenvalue weighted by molar-refractivity contribution is 7.13. The number of fused-ring (bicyclic) bond motifs is 1. The molecule has 0 aliphatic carbocycles. The minimum absolute atomic E-state index is 0.141. The van der Waals surface area contributed by atoms with Gasteiger partial charge in [-0.3, -0.25) is 4.79 Å². The second kappa shape index (κ2) is 6.09. The van der Waals surface area contributed by atoms with Crippen LogP contribution in [0.3, 0.4) is 0 Å². The van der Waals surface area contributed by atoms with Crippen LogP contribution in [-0.4, -0.2) is 16.7 Å². The number of aromatic nitrogens is 1. The quantitative estimate of drug-likeness (QED) is 0.891. The molecule has 0 unspecified atom stereocenters. The molecule has 128 valence electrons. The van der Waals surface area contributed by atoms with Crippen LogP contribution in [0.4, 0.5) is 5.69 Å². The first-order chi connectivity index (χ1) is 11.2. The van der Waals surface area contributed by atoms with Crippen molar-refractivity contribution >= 4 is 22.9 Å². The van der Waals surface area contributed by atoms with Crippen LogP contribution in [0.5, 0.6) is 11.5 Å². The van der Waals surface area contributed by atoms with E-state index in [9.17, 15) is 4.79 Å². The number of amides is 1. The fourth-order valence-corrected chi connectivity index (χ4v) is 3.76. The SMILES string of the molecule is Cc1nc(CC(C)C)sc1C(=O)Nc1ccc2c(c1)OC(C)(C)O2. The molecule has 5 nitrogen and oxygen atoms in total. The van der Waals surface area contributed by atoms with E-state index in [1.807, 2.05) is 32.9 Å². The standard InChI is InChI=1S/C18H22N2O3S/c1-10(2)8-15-19-11(3)16(24-15)17(21)20-12-6-7-13-14(9-12)23-18(4,5)22-13/h6-7,9-10H,8H2,1-5H3,(H,20,21). The molecule has 24 heavy (non-hydrogen) atoms. The van der Waals surface area contributed by atoms with Gasteiger partial charge in [-0.2, -0.15) is 0 Å². The zero-order valence-corrected chi connectivity index (χ0v) is 15.4. The number of thiazole rings is 1. The number of nitrogens with one attached hydrogen (secondary N) is 1. The molecule has 6 heteroatoms. The molecule has 3 rings (SSSR count). The van der Waals surface area contributed by atoms with Gasteiger partial charge in [0.1, 0.15) is 4.88 Å². The van der Waals surface area contributed by atoms with E-state index in [-0.39, 0.29) is 5.91 Å². The zero-order valence-electron chi connectivity index (χ0n) is 14.6. The van der Waals surface area contributed by atoms with E-state index in [4.69, 9.17) is 9.47 Å². The summed E-state index contributed by atoms with van der Waals surface area (Å²) in [5.74, 6) is 1.03. The maximum Gasteiger partial charge on any atom is 0.267 e. The Morgan fingerprint density at radius 3 is 2.71 bits per heavy atom. The van der Waals surface area contributed by atoms with Gasteiger partial charge in [0.05, 0.1) is 10.7 Å². The maximum atomic E-state index is 12.5. The Morgan fingerprint density at radius 2 is 2.00 bits per heavy atom. The lowest BCUT2D eigenvalue weighted by atomic mass is 10.1. The first-order valence-electron chi connectivity index (χ1n) is 8.03. The number of rotatable bonds is 4. The van der Waals surface area contributed by atoms with Gasteiger partial charge < -0.3 is 14.8 Å². The smallest absolute Gasteiger partial charge is 0.267 e. The highest BCUT2D eigenvalue weighted by Crippen LogP contribution is 2.40. The molecule has 1 aliphatic heterocycles. The molecule has 1 amide bonds. The normalized spacial score (nSPS) is 14.9. The molecule has 0 saturated heterocycles. The van der Waals surface area contributed by atoms with Crippen LogP contribution >= 0.6 is 11.3 Å². The Balaban J connectivity index is 1.75. The molecule has 1 aliphatic rings. The van der Waals surface area contributed by atoms with Gasteiger partial charge in [-0.05, 0) is 25.0 Å². The van der Waals surface area contributed by atoms with Crippen molar-refractivity contribution in [1.29, 1.82) is 0 Å². The van der Waals surface area contributed by atoms with Crippen LogP contribution in [0.15, 0.2) is 18.2 Å². The third kappa shape index (κ3) is 3.53. The van der Waals surface area contributed by atoms with Gasteiger partial charge in [0.25, 0.3) is 5.91 Å². The zero-order chi connectivity index (χ0) is 17.5.